The van der Waals surface area contributed by atoms with Crippen LogP contribution in [-0.4, -0.2) is 27.5 Å². The molecular formula is C22H19NO3. The highest BCUT2D eigenvalue weighted by Gasteiger charge is 2.40. The van der Waals surface area contributed by atoms with Crippen LogP contribution in [0.1, 0.15) is 23.3 Å². The van der Waals surface area contributed by atoms with Crippen molar-refractivity contribution in [3.05, 3.63) is 71.8 Å². The molecule has 0 fully saturated rings. The van der Waals surface area contributed by atoms with Crippen molar-refractivity contribution in [2.24, 2.45) is 5.73 Å². The first kappa shape index (κ1) is 15.7. The van der Waals surface area contributed by atoms with Crippen LogP contribution in [0.25, 0.3) is 32.3 Å². The summed E-state index contributed by atoms with van der Waals surface area (Å²) in [6.45, 7) is 0. The molecule has 0 saturated carbocycles. The van der Waals surface area contributed by atoms with Gasteiger partial charge in [-0.3, -0.25) is 0 Å². The van der Waals surface area contributed by atoms with E-state index in [4.69, 9.17) is 5.73 Å². The van der Waals surface area contributed by atoms with Crippen LogP contribution in [0.5, 0.6) is 0 Å². The summed E-state index contributed by atoms with van der Waals surface area (Å²) in [6, 6.07) is 19.3. The van der Waals surface area contributed by atoms with Gasteiger partial charge in [-0.15, -0.1) is 0 Å². The molecule has 0 amide bonds. The average molecular weight is 345 g/mol. The first-order chi connectivity index (χ1) is 12.6. The molecule has 4 nitrogen and oxygen atoms in total. The monoisotopic (exact) mass is 345 g/mol. The minimum atomic E-state index is -1.29. The Morgan fingerprint density at radius 1 is 0.615 bits per heavy atom. The second kappa shape index (κ2) is 5.50. The van der Waals surface area contributed by atoms with Crippen LogP contribution in [0.4, 0.5) is 0 Å². The van der Waals surface area contributed by atoms with E-state index in [9.17, 15) is 15.3 Å². The zero-order chi connectivity index (χ0) is 18.0. The van der Waals surface area contributed by atoms with Crippen molar-refractivity contribution in [2.75, 3.05) is 0 Å². The van der Waals surface area contributed by atoms with E-state index in [0.717, 1.165) is 37.9 Å². The molecular weight excluding hydrogens is 326 g/mol. The lowest BCUT2D eigenvalue weighted by molar-refractivity contribution is -0.0793. The lowest BCUT2D eigenvalue weighted by Gasteiger charge is -2.36. The molecule has 0 saturated heterocycles. The van der Waals surface area contributed by atoms with Crippen molar-refractivity contribution in [3.63, 3.8) is 0 Å². The maximum atomic E-state index is 10.5. The van der Waals surface area contributed by atoms with Crippen molar-refractivity contribution in [1.82, 2.24) is 0 Å². The van der Waals surface area contributed by atoms with E-state index in [2.05, 4.69) is 18.2 Å². The summed E-state index contributed by atoms with van der Waals surface area (Å²) in [6.07, 6.45) is -3.66. The highest BCUT2D eigenvalue weighted by atomic mass is 16.4. The molecule has 4 aromatic carbocycles. The summed E-state index contributed by atoms with van der Waals surface area (Å²) >= 11 is 0. The Hall–Kier alpha value is -2.50. The molecule has 26 heavy (non-hydrogen) atoms. The molecule has 0 aliphatic heterocycles. The molecule has 0 radical (unpaired) electrons. The Morgan fingerprint density at radius 2 is 1.12 bits per heavy atom. The standard InChI is InChI=1S/C22H19NO3/c23-19-18-16(20(24)22(26)21(19)25)10-9-15-13-7-2-1-5-11(13)12-6-3-4-8-14(12)17(15)18/h1-10,19-22,24-26H,23H2/t19-,20+,21+,22-/m0/s1. The van der Waals surface area contributed by atoms with E-state index in [1.807, 2.05) is 42.5 Å². The van der Waals surface area contributed by atoms with Gasteiger partial charge in [-0.05, 0) is 43.4 Å². The topological polar surface area (TPSA) is 86.7 Å². The molecule has 1 aliphatic rings. The van der Waals surface area contributed by atoms with Crippen LogP contribution >= 0.6 is 0 Å². The first-order valence-corrected chi connectivity index (χ1v) is 8.75. The second-order valence-corrected chi connectivity index (χ2v) is 7.03. The summed E-state index contributed by atoms with van der Waals surface area (Å²) in [7, 11) is 0. The second-order valence-electron chi connectivity index (χ2n) is 7.03. The minimum absolute atomic E-state index is 0.586. The summed E-state index contributed by atoms with van der Waals surface area (Å²) in [4.78, 5) is 0. The van der Waals surface area contributed by atoms with Crippen molar-refractivity contribution in [1.29, 1.82) is 0 Å². The number of nitrogens with two attached hydrogens (primary N) is 1. The molecule has 4 heteroatoms. The van der Waals surface area contributed by atoms with Crippen LogP contribution in [0.3, 0.4) is 0 Å². The third kappa shape index (κ3) is 1.93. The maximum Gasteiger partial charge on any atom is 0.112 e. The Balaban J connectivity index is 2.06. The predicted molar refractivity (Wildman–Crippen MR) is 103 cm³/mol. The quantitative estimate of drug-likeness (QED) is 0.369. The van der Waals surface area contributed by atoms with Gasteiger partial charge in [0.15, 0.2) is 0 Å². The molecule has 0 unspecified atom stereocenters. The van der Waals surface area contributed by atoms with E-state index in [0.29, 0.717) is 5.56 Å². The summed E-state index contributed by atoms with van der Waals surface area (Å²) in [5, 5.41) is 37.4. The number of benzene rings is 4. The Kier molecular flexibility index (Phi) is 3.33. The summed E-state index contributed by atoms with van der Waals surface area (Å²) < 4.78 is 0. The van der Waals surface area contributed by atoms with Gasteiger partial charge < -0.3 is 21.1 Å². The van der Waals surface area contributed by atoms with Gasteiger partial charge in [-0.25, -0.2) is 0 Å². The van der Waals surface area contributed by atoms with Crippen LogP contribution in [0.2, 0.25) is 0 Å². The van der Waals surface area contributed by atoms with Crippen LogP contribution in [0.15, 0.2) is 60.7 Å². The largest absolute Gasteiger partial charge is 0.388 e. The van der Waals surface area contributed by atoms with E-state index in [1.165, 1.54) is 0 Å². The number of aliphatic hydroxyl groups is 3. The summed E-state index contributed by atoms with van der Waals surface area (Å²) in [5.41, 5.74) is 7.63. The van der Waals surface area contributed by atoms with Gasteiger partial charge in [0.2, 0.25) is 0 Å². The van der Waals surface area contributed by atoms with Gasteiger partial charge in [-0.2, -0.15) is 0 Å². The first-order valence-electron chi connectivity index (χ1n) is 8.75. The molecule has 4 atom stereocenters. The van der Waals surface area contributed by atoms with Crippen molar-refractivity contribution in [3.8, 4) is 0 Å². The fourth-order valence-corrected chi connectivity index (χ4v) is 4.41. The van der Waals surface area contributed by atoms with Gasteiger partial charge in [0.25, 0.3) is 0 Å². The van der Waals surface area contributed by atoms with Crippen molar-refractivity contribution in [2.45, 2.75) is 24.4 Å². The van der Waals surface area contributed by atoms with E-state index in [-0.39, 0.29) is 0 Å². The third-order valence-corrected chi connectivity index (χ3v) is 5.68. The Morgan fingerprint density at radius 3 is 1.73 bits per heavy atom. The van der Waals surface area contributed by atoms with Crippen LogP contribution in [0, 0.1) is 0 Å². The molecule has 0 bridgehead atoms. The SMILES string of the molecule is N[C@H]1c2c(ccc3c4ccccc4c4ccccc4c23)[C@@H](O)[C@H](O)[C@@H]1O. The zero-order valence-corrected chi connectivity index (χ0v) is 14.0. The maximum absolute atomic E-state index is 10.5. The fourth-order valence-electron chi connectivity index (χ4n) is 4.41. The van der Waals surface area contributed by atoms with Crippen LogP contribution in [-0.2, 0) is 0 Å². The molecule has 1 aliphatic carbocycles. The van der Waals surface area contributed by atoms with E-state index >= 15 is 0 Å². The highest BCUT2D eigenvalue weighted by molar-refractivity contribution is 6.26. The van der Waals surface area contributed by atoms with Gasteiger partial charge in [0.05, 0.1) is 6.04 Å². The van der Waals surface area contributed by atoms with Crippen LogP contribution < -0.4 is 5.73 Å². The smallest absolute Gasteiger partial charge is 0.112 e. The fraction of sp³-hybridized carbons (Fsp3) is 0.182. The number of rotatable bonds is 0. The van der Waals surface area contributed by atoms with Gasteiger partial charge in [0.1, 0.15) is 18.3 Å². The number of aliphatic hydroxyl groups excluding tert-OH is 3. The summed E-state index contributed by atoms with van der Waals surface area (Å²) in [5.74, 6) is 0. The lowest BCUT2D eigenvalue weighted by atomic mass is 9.78. The predicted octanol–water partition coefficient (Wildman–Crippen LogP) is 2.91. The van der Waals surface area contributed by atoms with Gasteiger partial charge in [-0.1, -0.05) is 60.7 Å². The third-order valence-electron chi connectivity index (χ3n) is 5.68. The van der Waals surface area contributed by atoms with Crippen molar-refractivity contribution >= 4 is 32.3 Å². The molecule has 0 spiro atoms. The molecule has 0 heterocycles. The normalized spacial score (nSPS) is 25.7. The highest BCUT2D eigenvalue weighted by Crippen LogP contribution is 2.44. The average Bonchev–Trinajstić information content (AvgIpc) is 2.70. The Bertz CT molecular complexity index is 1140. The molecule has 130 valence electrons. The number of fused-ring (bicyclic) bond motifs is 8. The lowest BCUT2D eigenvalue weighted by Crippen LogP contribution is -2.45. The van der Waals surface area contributed by atoms with Gasteiger partial charge in [0, 0.05) is 0 Å². The van der Waals surface area contributed by atoms with Crippen molar-refractivity contribution < 1.29 is 15.3 Å². The molecule has 5 rings (SSSR count). The number of hydrogen-bond donors (Lipinski definition) is 4. The minimum Gasteiger partial charge on any atom is -0.388 e. The number of hydrogen-bond acceptors (Lipinski definition) is 4. The van der Waals surface area contributed by atoms with Gasteiger partial charge >= 0.3 is 0 Å². The van der Waals surface area contributed by atoms with E-state index < -0.39 is 24.4 Å². The molecule has 0 aromatic heterocycles. The Labute approximate surface area is 150 Å². The zero-order valence-electron chi connectivity index (χ0n) is 14.0. The molecule has 4 aromatic rings. The molecule has 5 N–H and O–H groups in total. The van der Waals surface area contributed by atoms with E-state index in [1.54, 1.807) is 0 Å².